The molecule has 0 aliphatic heterocycles. The molecule has 1 unspecified atom stereocenters. The van der Waals surface area contributed by atoms with Gasteiger partial charge in [0.2, 0.25) is 5.91 Å². The molecule has 0 rings (SSSR count). The average Bonchev–Trinajstić information content (AvgIpc) is 2.01. The molecule has 0 aromatic heterocycles. The number of rotatable bonds is 3. The molecule has 0 fully saturated rings. The summed E-state index contributed by atoms with van der Waals surface area (Å²) in [5, 5.41) is 8.86. The molecule has 1 N–H and O–H groups in total. The Balaban J connectivity index is 4.68. The van der Waals surface area contributed by atoms with Gasteiger partial charge in [-0.15, -0.1) is 0 Å². The standard InChI is InChI=1S/C10H19NO3/c1-6-7(8(12)13)11(5)9(14)10(2,3)4/h7H,6H2,1-5H3,(H,12,13). The summed E-state index contributed by atoms with van der Waals surface area (Å²) >= 11 is 0. The summed E-state index contributed by atoms with van der Waals surface area (Å²) in [5.74, 6) is -1.10. The fourth-order valence-corrected chi connectivity index (χ4v) is 1.28. The lowest BCUT2D eigenvalue weighted by molar-refractivity contribution is -0.152. The van der Waals surface area contributed by atoms with Crippen LogP contribution in [0.4, 0.5) is 0 Å². The number of carbonyl (C=O) groups is 2. The maximum atomic E-state index is 11.7. The highest BCUT2D eigenvalue weighted by molar-refractivity contribution is 5.86. The first-order valence-electron chi connectivity index (χ1n) is 4.71. The van der Waals surface area contributed by atoms with Gasteiger partial charge in [-0.1, -0.05) is 27.7 Å². The molecule has 0 saturated heterocycles. The molecule has 0 aromatic rings. The molecule has 4 heteroatoms. The lowest BCUT2D eigenvalue weighted by atomic mass is 9.94. The summed E-state index contributed by atoms with van der Waals surface area (Å²) in [6, 6.07) is -0.721. The van der Waals surface area contributed by atoms with E-state index in [2.05, 4.69) is 0 Å². The monoisotopic (exact) mass is 201 g/mol. The molecule has 0 heterocycles. The molecule has 0 aromatic carbocycles. The molecular weight excluding hydrogens is 182 g/mol. The van der Waals surface area contributed by atoms with Gasteiger partial charge in [0.15, 0.2) is 0 Å². The van der Waals surface area contributed by atoms with E-state index in [4.69, 9.17) is 5.11 Å². The second kappa shape index (κ2) is 4.44. The summed E-state index contributed by atoms with van der Waals surface area (Å²) in [7, 11) is 1.54. The predicted octanol–water partition coefficient (Wildman–Crippen LogP) is 1.35. The summed E-state index contributed by atoms with van der Waals surface area (Å²) in [4.78, 5) is 23.8. The zero-order valence-corrected chi connectivity index (χ0v) is 9.50. The number of amides is 1. The zero-order chi connectivity index (χ0) is 11.5. The van der Waals surface area contributed by atoms with E-state index >= 15 is 0 Å². The summed E-state index contributed by atoms with van der Waals surface area (Å²) < 4.78 is 0. The number of hydrogen-bond acceptors (Lipinski definition) is 2. The van der Waals surface area contributed by atoms with Crippen LogP contribution in [-0.2, 0) is 9.59 Å². The summed E-state index contributed by atoms with van der Waals surface area (Å²) in [6.07, 6.45) is 0.424. The van der Waals surface area contributed by atoms with Crippen molar-refractivity contribution in [2.75, 3.05) is 7.05 Å². The molecule has 0 radical (unpaired) electrons. The number of nitrogens with zero attached hydrogens (tertiary/aromatic N) is 1. The number of carboxylic acids is 1. The van der Waals surface area contributed by atoms with E-state index in [1.807, 2.05) is 0 Å². The van der Waals surface area contributed by atoms with Crippen LogP contribution >= 0.6 is 0 Å². The predicted molar refractivity (Wildman–Crippen MR) is 53.9 cm³/mol. The van der Waals surface area contributed by atoms with Crippen molar-refractivity contribution in [3.63, 3.8) is 0 Å². The minimum atomic E-state index is -0.951. The lowest BCUT2D eigenvalue weighted by Gasteiger charge is -2.30. The quantitative estimate of drug-likeness (QED) is 0.750. The Bertz CT molecular complexity index is 230. The van der Waals surface area contributed by atoms with Gasteiger partial charge in [-0.2, -0.15) is 0 Å². The largest absolute Gasteiger partial charge is 0.480 e. The van der Waals surface area contributed by atoms with Gasteiger partial charge in [-0.05, 0) is 6.42 Å². The van der Waals surface area contributed by atoms with Crippen LogP contribution < -0.4 is 0 Å². The number of carboxylic acid groups (broad SMARTS) is 1. The van der Waals surface area contributed by atoms with Crippen LogP contribution in [-0.4, -0.2) is 35.0 Å². The molecule has 14 heavy (non-hydrogen) atoms. The van der Waals surface area contributed by atoms with Crippen molar-refractivity contribution in [1.82, 2.24) is 4.90 Å². The van der Waals surface area contributed by atoms with Crippen LogP contribution in [0.15, 0.2) is 0 Å². The Kier molecular flexibility index (Phi) is 4.10. The number of hydrogen-bond donors (Lipinski definition) is 1. The van der Waals surface area contributed by atoms with Gasteiger partial charge < -0.3 is 10.0 Å². The van der Waals surface area contributed by atoms with E-state index in [0.717, 1.165) is 0 Å². The van der Waals surface area contributed by atoms with E-state index in [9.17, 15) is 9.59 Å². The first-order valence-corrected chi connectivity index (χ1v) is 4.71. The third-order valence-corrected chi connectivity index (χ3v) is 2.10. The Morgan fingerprint density at radius 3 is 2.00 bits per heavy atom. The molecule has 0 spiro atoms. The Hall–Kier alpha value is -1.06. The third-order valence-electron chi connectivity index (χ3n) is 2.10. The zero-order valence-electron chi connectivity index (χ0n) is 9.50. The van der Waals surface area contributed by atoms with Crippen LogP contribution in [0, 0.1) is 5.41 Å². The first kappa shape index (κ1) is 12.9. The average molecular weight is 201 g/mol. The van der Waals surface area contributed by atoms with Gasteiger partial charge in [0.1, 0.15) is 6.04 Å². The van der Waals surface area contributed by atoms with Crippen molar-refractivity contribution >= 4 is 11.9 Å². The summed E-state index contributed by atoms with van der Waals surface area (Å²) in [6.45, 7) is 7.09. The molecule has 1 atom stereocenters. The number of aliphatic carboxylic acids is 1. The van der Waals surface area contributed by atoms with Crippen molar-refractivity contribution in [1.29, 1.82) is 0 Å². The molecule has 4 nitrogen and oxygen atoms in total. The van der Waals surface area contributed by atoms with Gasteiger partial charge in [-0.3, -0.25) is 4.79 Å². The lowest BCUT2D eigenvalue weighted by Crippen LogP contribution is -2.46. The van der Waals surface area contributed by atoms with Crippen molar-refractivity contribution in [2.45, 2.75) is 40.2 Å². The first-order chi connectivity index (χ1) is 6.21. The van der Waals surface area contributed by atoms with E-state index < -0.39 is 17.4 Å². The van der Waals surface area contributed by atoms with E-state index in [-0.39, 0.29) is 5.91 Å². The van der Waals surface area contributed by atoms with Gasteiger partial charge in [0.25, 0.3) is 0 Å². The highest BCUT2D eigenvalue weighted by Crippen LogP contribution is 2.18. The normalized spacial score (nSPS) is 13.5. The van der Waals surface area contributed by atoms with Crippen molar-refractivity contribution in [2.24, 2.45) is 5.41 Å². The second-order valence-electron chi connectivity index (χ2n) is 4.43. The third kappa shape index (κ3) is 3.01. The molecule has 0 aliphatic carbocycles. The van der Waals surface area contributed by atoms with Gasteiger partial charge in [-0.25, -0.2) is 4.79 Å². The minimum absolute atomic E-state index is 0.147. The topological polar surface area (TPSA) is 57.6 Å². The van der Waals surface area contributed by atoms with Crippen molar-refractivity contribution < 1.29 is 14.7 Å². The highest BCUT2D eigenvalue weighted by atomic mass is 16.4. The van der Waals surface area contributed by atoms with Gasteiger partial charge >= 0.3 is 5.97 Å². The molecule has 0 aliphatic rings. The fourth-order valence-electron chi connectivity index (χ4n) is 1.28. The van der Waals surface area contributed by atoms with Crippen LogP contribution in [0.25, 0.3) is 0 Å². The minimum Gasteiger partial charge on any atom is -0.480 e. The molecule has 0 bridgehead atoms. The Morgan fingerprint density at radius 2 is 1.79 bits per heavy atom. The SMILES string of the molecule is CCC(C(=O)O)N(C)C(=O)C(C)(C)C. The van der Waals surface area contributed by atoms with Crippen molar-refractivity contribution in [3.8, 4) is 0 Å². The molecule has 82 valence electrons. The van der Waals surface area contributed by atoms with Gasteiger partial charge in [0.05, 0.1) is 0 Å². The highest BCUT2D eigenvalue weighted by Gasteiger charge is 2.31. The van der Waals surface area contributed by atoms with E-state index in [0.29, 0.717) is 6.42 Å². The molecular formula is C10H19NO3. The van der Waals surface area contributed by atoms with Gasteiger partial charge in [0, 0.05) is 12.5 Å². The maximum Gasteiger partial charge on any atom is 0.326 e. The Labute approximate surface area is 84.9 Å². The fraction of sp³-hybridized carbons (Fsp3) is 0.800. The maximum absolute atomic E-state index is 11.7. The van der Waals surface area contributed by atoms with Crippen LogP contribution in [0.1, 0.15) is 34.1 Å². The van der Waals surface area contributed by atoms with Crippen LogP contribution in [0.3, 0.4) is 0 Å². The van der Waals surface area contributed by atoms with Crippen LogP contribution in [0.5, 0.6) is 0 Å². The molecule has 1 amide bonds. The summed E-state index contributed by atoms with van der Waals surface area (Å²) in [5.41, 5.74) is -0.530. The molecule has 0 saturated carbocycles. The Morgan fingerprint density at radius 1 is 1.36 bits per heavy atom. The second-order valence-corrected chi connectivity index (χ2v) is 4.43. The smallest absolute Gasteiger partial charge is 0.326 e. The van der Waals surface area contributed by atoms with Crippen molar-refractivity contribution in [3.05, 3.63) is 0 Å². The number of carbonyl (C=O) groups excluding carboxylic acids is 1. The number of likely N-dealkylation sites (N-methyl/N-ethyl adjacent to an activating group) is 1. The van der Waals surface area contributed by atoms with E-state index in [1.54, 1.807) is 27.7 Å². The van der Waals surface area contributed by atoms with E-state index in [1.165, 1.54) is 11.9 Å². The van der Waals surface area contributed by atoms with Crippen LogP contribution in [0.2, 0.25) is 0 Å².